The summed E-state index contributed by atoms with van der Waals surface area (Å²) in [5.41, 5.74) is 8.00. The van der Waals surface area contributed by atoms with Crippen molar-refractivity contribution in [3.63, 3.8) is 0 Å². The van der Waals surface area contributed by atoms with Gasteiger partial charge >= 0.3 is 6.03 Å². The molecule has 0 fully saturated rings. The summed E-state index contributed by atoms with van der Waals surface area (Å²) in [4.78, 5) is 12.0. The monoisotopic (exact) mass is 301 g/mol. The lowest BCUT2D eigenvalue weighted by atomic mass is 10.1. The first kappa shape index (κ1) is 15.3. The summed E-state index contributed by atoms with van der Waals surface area (Å²) >= 11 is 1.73. The Labute approximate surface area is 129 Å². The minimum Gasteiger partial charge on any atom is -0.379 e. The number of thioether (sulfide) groups is 1. The molecule has 0 heterocycles. The summed E-state index contributed by atoms with van der Waals surface area (Å²) < 4.78 is 0. The average Bonchev–Trinajstić information content (AvgIpc) is 2.48. The van der Waals surface area contributed by atoms with Crippen molar-refractivity contribution >= 4 is 29.2 Å². The average molecular weight is 301 g/mol. The molecule has 2 rings (SSSR count). The minimum atomic E-state index is -0.553. The highest BCUT2D eigenvalue weighted by Crippen LogP contribution is 2.23. The summed E-state index contributed by atoms with van der Waals surface area (Å²) in [6, 6.07) is 15.6. The van der Waals surface area contributed by atoms with Crippen molar-refractivity contribution in [2.45, 2.75) is 17.9 Å². The number of carbonyl (C=O) groups is 1. The van der Waals surface area contributed by atoms with Gasteiger partial charge in [-0.15, -0.1) is 11.8 Å². The molecule has 110 valence electrons. The minimum absolute atomic E-state index is 0.174. The van der Waals surface area contributed by atoms with Crippen molar-refractivity contribution in [3.05, 3.63) is 54.1 Å². The van der Waals surface area contributed by atoms with Crippen LogP contribution in [0, 0.1) is 0 Å². The number of primary amides is 1. The van der Waals surface area contributed by atoms with Gasteiger partial charge in [0.1, 0.15) is 0 Å². The number of anilines is 2. The molecule has 0 saturated heterocycles. The molecule has 4 nitrogen and oxygen atoms in total. The highest BCUT2D eigenvalue weighted by Gasteiger charge is 2.06. The SMILES string of the molecule is CSc1ccc(NC(C)c2ccc(NC(N)=O)cc2)cc1. The number of amides is 2. The Kier molecular flexibility index (Phi) is 5.11. The molecule has 4 N–H and O–H groups in total. The predicted octanol–water partition coefficient (Wildman–Crippen LogP) is 4.07. The molecule has 0 radical (unpaired) electrons. The fraction of sp³-hybridized carbons (Fsp3) is 0.188. The first-order chi connectivity index (χ1) is 10.1. The topological polar surface area (TPSA) is 67.2 Å². The van der Waals surface area contributed by atoms with Gasteiger partial charge in [-0.3, -0.25) is 0 Å². The highest BCUT2D eigenvalue weighted by atomic mass is 32.2. The largest absolute Gasteiger partial charge is 0.379 e. The maximum absolute atomic E-state index is 10.8. The van der Waals surface area contributed by atoms with Crippen LogP contribution in [0.15, 0.2) is 53.4 Å². The lowest BCUT2D eigenvalue weighted by Crippen LogP contribution is -2.19. The molecule has 0 aliphatic carbocycles. The van der Waals surface area contributed by atoms with Crippen LogP contribution in [0.2, 0.25) is 0 Å². The second-order valence-electron chi connectivity index (χ2n) is 4.71. The maximum atomic E-state index is 10.8. The van der Waals surface area contributed by atoms with E-state index in [4.69, 9.17) is 5.73 Å². The van der Waals surface area contributed by atoms with Gasteiger partial charge in [0.05, 0.1) is 0 Å². The van der Waals surface area contributed by atoms with Gasteiger partial charge in [0.25, 0.3) is 0 Å². The van der Waals surface area contributed by atoms with Crippen molar-refractivity contribution in [1.82, 2.24) is 0 Å². The smallest absolute Gasteiger partial charge is 0.316 e. The molecule has 1 atom stereocenters. The first-order valence-corrected chi connectivity index (χ1v) is 7.88. The fourth-order valence-electron chi connectivity index (χ4n) is 2.02. The Morgan fingerprint density at radius 1 is 1.05 bits per heavy atom. The van der Waals surface area contributed by atoms with E-state index in [9.17, 15) is 4.79 Å². The van der Waals surface area contributed by atoms with E-state index in [2.05, 4.69) is 48.1 Å². The van der Waals surface area contributed by atoms with Gasteiger partial charge in [-0.05, 0) is 55.1 Å². The lowest BCUT2D eigenvalue weighted by Gasteiger charge is -2.16. The Morgan fingerprint density at radius 2 is 1.62 bits per heavy atom. The van der Waals surface area contributed by atoms with Crippen molar-refractivity contribution in [2.24, 2.45) is 5.73 Å². The Morgan fingerprint density at radius 3 is 2.14 bits per heavy atom. The number of rotatable bonds is 5. The van der Waals surface area contributed by atoms with E-state index >= 15 is 0 Å². The van der Waals surface area contributed by atoms with Crippen LogP contribution >= 0.6 is 11.8 Å². The van der Waals surface area contributed by atoms with E-state index in [1.165, 1.54) is 4.90 Å². The van der Waals surface area contributed by atoms with Crippen molar-refractivity contribution < 1.29 is 4.79 Å². The molecule has 0 spiro atoms. The molecule has 0 bridgehead atoms. The standard InChI is InChI=1S/C16H19N3OS/c1-11(18-13-7-9-15(21-2)10-8-13)12-3-5-14(6-4-12)19-16(17)20/h3-11,18H,1-2H3,(H3,17,19,20). The van der Waals surface area contributed by atoms with E-state index in [1.807, 2.05) is 24.3 Å². The molecule has 1 unspecified atom stereocenters. The molecular weight excluding hydrogens is 282 g/mol. The van der Waals surface area contributed by atoms with E-state index < -0.39 is 6.03 Å². The van der Waals surface area contributed by atoms with Crippen molar-refractivity contribution in [2.75, 3.05) is 16.9 Å². The summed E-state index contributed by atoms with van der Waals surface area (Å²) in [6.07, 6.45) is 2.06. The van der Waals surface area contributed by atoms with E-state index in [-0.39, 0.29) is 6.04 Å². The Balaban J connectivity index is 2.01. The van der Waals surface area contributed by atoms with Crippen LogP contribution < -0.4 is 16.4 Å². The van der Waals surface area contributed by atoms with Gasteiger partial charge in [0, 0.05) is 22.3 Å². The third kappa shape index (κ3) is 4.43. The van der Waals surface area contributed by atoms with Gasteiger partial charge in [0.15, 0.2) is 0 Å². The van der Waals surface area contributed by atoms with E-state index in [0.29, 0.717) is 5.69 Å². The van der Waals surface area contributed by atoms with Gasteiger partial charge in [0.2, 0.25) is 0 Å². The zero-order chi connectivity index (χ0) is 15.2. The van der Waals surface area contributed by atoms with Crippen LogP contribution in [-0.2, 0) is 0 Å². The number of nitrogens with two attached hydrogens (primary N) is 1. The first-order valence-electron chi connectivity index (χ1n) is 6.65. The molecule has 2 aromatic rings. The van der Waals surface area contributed by atoms with Gasteiger partial charge in [-0.1, -0.05) is 12.1 Å². The lowest BCUT2D eigenvalue weighted by molar-refractivity contribution is 0.259. The molecule has 2 aromatic carbocycles. The number of urea groups is 1. The molecule has 5 heteroatoms. The number of carbonyl (C=O) groups excluding carboxylic acids is 1. The predicted molar refractivity (Wildman–Crippen MR) is 89.9 cm³/mol. The van der Waals surface area contributed by atoms with Crippen LogP contribution in [0.1, 0.15) is 18.5 Å². The Bertz CT molecular complexity index is 596. The van der Waals surface area contributed by atoms with Crippen LogP contribution in [-0.4, -0.2) is 12.3 Å². The molecule has 2 amide bonds. The zero-order valence-electron chi connectivity index (χ0n) is 12.1. The number of hydrogen-bond acceptors (Lipinski definition) is 3. The normalized spacial score (nSPS) is 11.7. The molecule has 0 aromatic heterocycles. The summed E-state index contributed by atoms with van der Waals surface area (Å²) in [7, 11) is 0. The van der Waals surface area contributed by atoms with Crippen molar-refractivity contribution in [3.8, 4) is 0 Å². The third-order valence-electron chi connectivity index (χ3n) is 3.15. The molecule has 0 aliphatic heterocycles. The second-order valence-corrected chi connectivity index (χ2v) is 5.59. The number of benzene rings is 2. The van der Waals surface area contributed by atoms with Gasteiger partial charge in [-0.25, -0.2) is 4.79 Å². The maximum Gasteiger partial charge on any atom is 0.316 e. The summed E-state index contributed by atoms with van der Waals surface area (Å²) in [5.74, 6) is 0. The van der Waals surface area contributed by atoms with Crippen LogP contribution in [0.4, 0.5) is 16.2 Å². The molecule has 21 heavy (non-hydrogen) atoms. The highest BCUT2D eigenvalue weighted by molar-refractivity contribution is 7.98. The summed E-state index contributed by atoms with van der Waals surface area (Å²) in [5, 5.41) is 6.00. The fourth-order valence-corrected chi connectivity index (χ4v) is 2.43. The molecule has 0 saturated carbocycles. The van der Waals surface area contributed by atoms with Crippen LogP contribution in [0.5, 0.6) is 0 Å². The number of hydrogen-bond donors (Lipinski definition) is 3. The summed E-state index contributed by atoms with van der Waals surface area (Å²) in [6.45, 7) is 2.10. The third-order valence-corrected chi connectivity index (χ3v) is 3.89. The zero-order valence-corrected chi connectivity index (χ0v) is 12.9. The van der Waals surface area contributed by atoms with Crippen LogP contribution in [0.3, 0.4) is 0 Å². The van der Waals surface area contributed by atoms with E-state index in [0.717, 1.165) is 11.3 Å². The second kappa shape index (κ2) is 7.04. The van der Waals surface area contributed by atoms with Crippen molar-refractivity contribution in [1.29, 1.82) is 0 Å². The van der Waals surface area contributed by atoms with Gasteiger partial charge < -0.3 is 16.4 Å². The van der Waals surface area contributed by atoms with Crippen LogP contribution in [0.25, 0.3) is 0 Å². The van der Waals surface area contributed by atoms with Gasteiger partial charge in [-0.2, -0.15) is 0 Å². The Hall–Kier alpha value is -2.14. The van der Waals surface area contributed by atoms with E-state index in [1.54, 1.807) is 11.8 Å². The molecular formula is C16H19N3OS. The quantitative estimate of drug-likeness (QED) is 0.729. The number of nitrogens with one attached hydrogen (secondary N) is 2. The molecule has 0 aliphatic rings.